The molecule has 0 fully saturated rings. The third-order valence-corrected chi connectivity index (χ3v) is 6.01. The molecule has 0 aliphatic carbocycles. The molecule has 0 atom stereocenters. The Balaban J connectivity index is 1.75. The van der Waals surface area contributed by atoms with Gasteiger partial charge in [-0.3, -0.25) is 10.1 Å². The Morgan fingerprint density at radius 1 is 0.968 bits per heavy atom. The van der Waals surface area contributed by atoms with Crippen LogP contribution in [-0.4, -0.2) is 16.1 Å². The van der Waals surface area contributed by atoms with E-state index in [9.17, 15) is 10.1 Å². The van der Waals surface area contributed by atoms with E-state index in [-0.39, 0.29) is 5.69 Å². The van der Waals surface area contributed by atoms with Gasteiger partial charge >= 0.3 is 0 Å². The average Bonchev–Trinajstić information content (AvgIpc) is 3.23. The summed E-state index contributed by atoms with van der Waals surface area (Å²) in [4.78, 5) is 20.9. The minimum atomic E-state index is -0.391. The monoisotopic (exact) mass is 427 g/mol. The van der Waals surface area contributed by atoms with E-state index < -0.39 is 4.92 Å². The lowest BCUT2D eigenvalue weighted by molar-refractivity contribution is -0.384. The van der Waals surface area contributed by atoms with Crippen molar-refractivity contribution >= 4 is 28.4 Å². The molecule has 0 radical (unpaired) electrons. The van der Waals surface area contributed by atoms with Crippen molar-refractivity contribution < 1.29 is 4.92 Å². The summed E-state index contributed by atoms with van der Waals surface area (Å²) >= 11 is 1.48. The first-order chi connectivity index (χ1) is 15.0. The van der Waals surface area contributed by atoms with E-state index in [0.717, 1.165) is 33.7 Å². The maximum atomic E-state index is 11.0. The Morgan fingerprint density at radius 3 is 2.23 bits per heavy atom. The minimum Gasteiger partial charge on any atom is -0.258 e. The van der Waals surface area contributed by atoms with E-state index in [4.69, 9.17) is 4.98 Å². The van der Waals surface area contributed by atoms with E-state index in [1.807, 2.05) is 37.4 Å². The normalized spacial score (nSPS) is 11.2. The molecule has 31 heavy (non-hydrogen) atoms. The van der Waals surface area contributed by atoms with Crippen molar-refractivity contribution in [1.29, 1.82) is 0 Å². The predicted octanol–water partition coefficient (Wildman–Crippen LogP) is 7.01. The summed E-state index contributed by atoms with van der Waals surface area (Å²) in [6.07, 6.45) is 2.78. The molecule has 0 amide bonds. The molecule has 4 aromatic rings. The number of non-ortho nitro benzene ring substituents is 1. The molecule has 0 saturated carbocycles. The van der Waals surface area contributed by atoms with Crippen LogP contribution in [0.25, 0.3) is 21.7 Å². The number of thiazole rings is 1. The molecule has 0 bridgehead atoms. The highest BCUT2D eigenvalue weighted by Crippen LogP contribution is 2.40. The smallest absolute Gasteiger partial charge is 0.258 e. The molecule has 5 nitrogen and oxygen atoms in total. The largest absolute Gasteiger partial charge is 0.269 e. The van der Waals surface area contributed by atoms with Gasteiger partial charge in [-0.15, -0.1) is 0 Å². The van der Waals surface area contributed by atoms with Crippen molar-refractivity contribution in [3.63, 3.8) is 0 Å². The van der Waals surface area contributed by atoms with Gasteiger partial charge in [0.2, 0.25) is 5.13 Å². The lowest BCUT2D eigenvalue weighted by Gasteiger charge is -2.04. The maximum absolute atomic E-state index is 11.0. The van der Waals surface area contributed by atoms with Crippen LogP contribution in [0.15, 0.2) is 77.8 Å². The van der Waals surface area contributed by atoms with Crippen LogP contribution >= 0.6 is 11.3 Å². The topological polar surface area (TPSA) is 68.4 Å². The van der Waals surface area contributed by atoms with Gasteiger partial charge in [0.25, 0.3) is 5.69 Å². The minimum absolute atomic E-state index is 0.0692. The SMILES string of the molecule is CCc1ccc(-c2nc(N=Cc3ccc(C)cc3)sc2-c2ccc([N+](=O)[O-])cc2)cc1. The van der Waals surface area contributed by atoms with Gasteiger partial charge < -0.3 is 0 Å². The number of nitrogens with zero attached hydrogens (tertiary/aromatic N) is 3. The van der Waals surface area contributed by atoms with Crippen LogP contribution in [0.2, 0.25) is 0 Å². The molecule has 1 heterocycles. The molecule has 0 aliphatic rings. The Hall–Kier alpha value is -3.64. The first-order valence-corrected chi connectivity index (χ1v) is 10.8. The van der Waals surface area contributed by atoms with Crippen LogP contribution < -0.4 is 0 Å². The van der Waals surface area contributed by atoms with Gasteiger partial charge in [0.15, 0.2) is 0 Å². The first kappa shape index (κ1) is 20.6. The highest BCUT2D eigenvalue weighted by molar-refractivity contribution is 7.19. The van der Waals surface area contributed by atoms with Gasteiger partial charge in [-0.2, -0.15) is 0 Å². The van der Waals surface area contributed by atoms with E-state index >= 15 is 0 Å². The molecular formula is C25H21N3O2S. The third kappa shape index (κ3) is 4.75. The summed E-state index contributed by atoms with van der Waals surface area (Å²) < 4.78 is 0. The molecular weight excluding hydrogens is 406 g/mol. The predicted molar refractivity (Wildman–Crippen MR) is 127 cm³/mol. The number of hydrogen-bond acceptors (Lipinski definition) is 5. The first-order valence-electron chi connectivity index (χ1n) is 9.99. The van der Waals surface area contributed by atoms with Crippen LogP contribution in [0.5, 0.6) is 0 Å². The van der Waals surface area contributed by atoms with Crippen LogP contribution in [0.1, 0.15) is 23.6 Å². The molecule has 0 unspecified atom stereocenters. The molecule has 154 valence electrons. The summed E-state index contributed by atoms with van der Waals surface area (Å²) in [6.45, 7) is 4.17. The number of benzene rings is 3. The number of hydrogen-bond donors (Lipinski definition) is 0. The molecule has 4 rings (SSSR count). The summed E-state index contributed by atoms with van der Waals surface area (Å²) in [5, 5.41) is 11.7. The summed E-state index contributed by atoms with van der Waals surface area (Å²) in [5.41, 5.74) is 6.25. The highest BCUT2D eigenvalue weighted by atomic mass is 32.1. The summed E-state index contributed by atoms with van der Waals surface area (Å²) in [6, 6.07) is 23.1. The van der Waals surface area contributed by atoms with Crippen LogP contribution in [-0.2, 0) is 6.42 Å². The average molecular weight is 428 g/mol. The zero-order valence-electron chi connectivity index (χ0n) is 17.3. The molecule has 0 aliphatic heterocycles. The van der Waals surface area contributed by atoms with Crippen LogP contribution in [0, 0.1) is 17.0 Å². The van der Waals surface area contributed by atoms with E-state index in [1.165, 1.54) is 34.6 Å². The molecule has 0 N–H and O–H groups in total. The second-order valence-electron chi connectivity index (χ2n) is 7.20. The van der Waals surface area contributed by atoms with E-state index in [2.05, 4.69) is 36.2 Å². The Labute approximate surface area is 184 Å². The van der Waals surface area contributed by atoms with Gasteiger partial charge in [0, 0.05) is 23.9 Å². The highest BCUT2D eigenvalue weighted by Gasteiger charge is 2.16. The maximum Gasteiger partial charge on any atom is 0.269 e. The summed E-state index contributed by atoms with van der Waals surface area (Å²) in [7, 11) is 0. The molecule has 6 heteroatoms. The standard InChI is InChI=1S/C25H21N3O2S/c1-3-18-8-10-20(11-9-18)23-24(21-12-14-22(15-13-21)28(29)30)31-25(27-23)26-16-19-6-4-17(2)5-7-19/h4-16H,3H2,1-2H3. The number of aromatic nitrogens is 1. The van der Waals surface area contributed by atoms with Crippen molar-refractivity contribution in [1.82, 2.24) is 4.98 Å². The molecule has 3 aromatic carbocycles. The zero-order valence-corrected chi connectivity index (χ0v) is 18.1. The Kier molecular flexibility index (Phi) is 6.00. The lowest BCUT2D eigenvalue weighted by Crippen LogP contribution is -1.88. The quantitative estimate of drug-likeness (QED) is 0.189. The fourth-order valence-corrected chi connectivity index (χ4v) is 4.11. The molecule has 0 spiro atoms. The fraction of sp³-hybridized carbons (Fsp3) is 0.120. The van der Waals surface area contributed by atoms with Crippen molar-refractivity contribution in [3.8, 4) is 21.7 Å². The third-order valence-electron chi connectivity index (χ3n) is 4.99. The van der Waals surface area contributed by atoms with Gasteiger partial charge in [-0.05, 0) is 42.2 Å². The number of nitro groups is 1. The number of nitro benzene ring substituents is 1. The van der Waals surface area contributed by atoms with Gasteiger partial charge in [-0.25, -0.2) is 9.98 Å². The summed E-state index contributed by atoms with van der Waals surface area (Å²) in [5.74, 6) is 0. The fourth-order valence-electron chi connectivity index (χ4n) is 3.17. The number of aliphatic imine (C=N–C) groups is 1. The lowest BCUT2D eigenvalue weighted by atomic mass is 10.0. The van der Waals surface area contributed by atoms with Crippen molar-refractivity contribution in [2.24, 2.45) is 4.99 Å². The van der Waals surface area contributed by atoms with Crippen LogP contribution in [0.4, 0.5) is 10.8 Å². The van der Waals surface area contributed by atoms with Gasteiger partial charge in [0.1, 0.15) is 0 Å². The second kappa shape index (κ2) is 9.02. The van der Waals surface area contributed by atoms with Crippen molar-refractivity contribution in [2.45, 2.75) is 20.3 Å². The van der Waals surface area contributed by atoms with Gasteiger partial charge in [-0.1, -0.05) is 72.4 Å². The number of rotatable bonds is 6. The van der Waals surface area contributed by atoms with E-state index in [0.29, 0.717) is 5.13 Å². The molecule has 0 saturated heterocycles. The second-order valence-corrected chi connectivity index (χ2v) is 8.18. The van der Waals surface area contributed by atoms with Gasteiger partial charge in [0.05, 0.1) is 15.5 Å². The number of aryl methyl sites for hydroxylation is 2. The van der Waals surface area contributed by atoms with Crippen molar-refractivity contribution in [2.75, 3.05) is 0 Å². The molecule has 1 aromatic heterocycles. The Morgan fingerprint density at radius 2 is 1.61 bits per heavy atom. The zero-order chi connectivity index (χ0) is 21.8. The van der Waals surface area contributed by atoms with E-state index in [1.54, 1.807) is 12.1 Å². The van der Waals surface area contributed by atoms with Crippen LogP contribution in [0.3, 0.4) is 0 Å². The van der Waals surface area contributed by atoms with Crippen molar-refractivity contribution in [3.05, 3.63) is 99.6 Å². The Bertz CT molecular complexity index is 1230.